The summed E-state index contributed by atoms with van der Waals surface area (Å²) in [6.45, 7) is 4.05. The maximum absolute atomic E-state index is 6.30. The molecule has 1 saturated carbocycles. The van der Waals surface area contributed by atoms with Crippen LogP contribution in [-0.4, -0.2) is 42.9 Å². The lowest BCUT2D eigenvalue weighted by molar-refractivity contribution is -0.101. The average molecular weight is 307 g/mol. The van der Waals surface area contributed by atoms with Gasteiger partial charge in [0.1, 0.15) is 0 Å². The molecule has 116 valence electrons. The molecule has 3 fully saturated rings. The first-order chi connectivity index (χ1) is 10.4. The van der Waals surface area contributed by atoms with E-state index < -0.39 is 0 Å². The van der Waals surface area contributed by atoms with Crippen molar-refractivity contribution < 1.29 is 9.47 Å². The van der Waals surface area contributed by atoms with Crippen LogP contribution in [0.15, 0.2) is 17.5 Å². The molecule has 1 aromatic rings. The molecule has 1 aliphatic carbocycles. The van der Waals surface area contributed by atoms with E-state index in [9.17, 15) is 0 Å². The molecule has 0 amide bonds. The van der Waals surface area contributed by atoms with Gasteiger partial charge in [-0.25, -0.2) is 0 Å². The molecule has 4 rings (SSSR count). The fourth-order valence-electron chi connectivity index (χ4n) is 3.66. The van der Waals surface area contributed by atoms with Crippen molar-refractivity contribution in [3.05, 3.63) is 22.4 Å². The van der Waals surface area contributed by atoms with Crippen LogP contribution in [0.3, 0.4) is 0 Å². The number of likely N-dealkylation sites (tertiary alicyclic amines) is 1. The normalized spacial score (nSPS) is 33.2. The van der Waals surface area contributed by atoms with Gasteiger partial charge in [0.05, 0.1) is 18.8 Å². The van der Waals surface area contributed by atoms with Crippen molar-refractivity contribution in [2.45, 2.75) is 56.9 Å². The van der Waals surface area contributed by atoms with E-state index in [-0.39, 0.29) is 0 Å². The van der Waals surface area contributed by atoms with Crippen LogP contribution in [-0.2, 0) is 16.0 Å². The zero-order valence-corrected chi connectivity index (χ0v) is 13.4. The molecule has 0 aromatic carbocycles. The van der Waals surface area contributed by atoms with E-state index in [1.165, 1.54) is 37.1 Å². The minimum Gasteiger partial charge on any atom is -0.378 e. The zero-order valence-electron chi connectivity index (χ0n) is 12.6. The summed E-state index contributed by atoms with van der Waals surface area (Å²) >= 11 is 1.87. The van der Waals surface area contributed by atoms with Crippen LogP contribution in [0.5, 0.6) is 0 Å². The summed E-state index contributed by atoms with van der Waals surface area (Å²) in [6.07, 6.45) is 7.14. The highest BCUT2D eigenvalue weighted by atomic mass is 32.1. The zero-order chi connectivity index (χ0) is 14.1. The van der Waals surface area contributed by atoms with Gasteiger partial charge in [0.25, 0.3) is 0 Å². The van der Waals surface area contributed by atoms with Crippen molar-refractivity contribution >= 4 is 11.3 Å². The number of hydrogen-bond acceptors (Lipinski definition) is 4. The predicted molar refractivity (Wildman–Crippen MR) is 84.6 cm³/mol. The molecular formula is C17H25NO2S. The molecule has 0 radical (unpaired) electrons. The molecule has 4 heteroatoms. The van der Waals surface area contributed by atoms with Crippen LogP contribution >= 0.6 is 11.3 Å². The molecule has 1 aromatic heterocycles. The topological polar surface area (TPSA) is 21.7 Å². The van der Waals surface area contributed by atoms with Gasteiger partial charge in [0, 0.05) is 30.6 Å². The van der Waals surface area contributed by atoms with Crippen molar-refractivity contribution in [1.82, 2.24) is 4.90 Å². The maximum Gasteiger partial charge on any atom is 0.0813 e. The molecule has 2 saturated heterocycles. The van der Waals surface area contributed by atoms with Crippen molar-refractivity contribution in [2.24, 2.45) is 5.92 Å². The van der Waals surface area contributed by atoms with Gasteiger partial charge in [-0.15, -0.1) is 11.3 Å². The Morgan fingerprint density at radius 1 is 1.19 bits per heavy atom. The molecule has 3 aliphatic rings. The fourth-order valence-corrected chi connectivity index (χ4v) is 4.39. The van der Waals surface area contributed by atoms with E-state index in [2.05, 4.69) is 22.4 Å². The van der Waals surface area contributed by atoms with Gasteiger partial charge < -0.3 is 9.47 Å². The number of ether oxygens (including phenoxy) is 2. The van der Waals surface area contributed by atoms with Gasteiger partial charge in [-0.3, -0.25) is 4.90 Å². The minimum atomic E-state index is 0.340. The molecule has 0 N–H and O–H groups in total. The van der Waals surface area contributed by atoms with E-state index in [1.807, 2.05) is 11.3 Å². The highest BCUT2D eigenvalue weighted by Crippen LogP contribution is 2.33. The Morgan fingerprint density at radius 3 is 2.95 bits per heavy atom. The third-order valence-electron chi connectivity index (χ3n) is 5.04. The van der Waals surface area contributed by atoms with Gasteiger partial charge in [-0.1, -0.05) is 6.07 Å². The fraction of sp³-hybridized carbons (Fsp3) is 0.765. The van der Waals surface area contributed by atoms with Gasteiger partial charge in [0.15, 0.2) is 0 Å². The lowest BCUT2D eigenvalue weighted by Crippen LogP contribution is -2.43. The van der Waals surface area contributed by atoms with Gasteiger partial charge in [0.2, 0.25) is 0 Å². The Labute approximate surface area is 131 Å². The van der Waals surface area contributed by atoms with Crippen molar-refractivity contribution in [2.75, 3.05) is 19.8 Å². The van der Waals surface area contributed by atoms with E-state index >= 15 is 0 Å². The molecule has 3 nitrogen and oxygen atoms in total. The lowest BCUT2D eigenvalue weighted by atomic mass is 9.99. The second-order valence-electron chi connectivity index (χ2n) is 6.76. The van der Waals surface area contributed by atoms with Crippen LogP contribution < -0.4 is 0 Å². The molecule has 0 bridgehead atoms. The maximum atomic E-state index is 6.30. The quantitative estimate of drug-likeness (QED) is 0.805. The Morgan fingerprint density at radius 2 is 2.14 bits per heavy atom. The largest absolute Gasteiger partial charge is 0.378 e. The Hall–Kier alpha value is -0.420. The number of nitrogens with zero attached hydrogens (tertiary/aromatic N) is 1. The first kappa shape index (κ1) is 14.2. The molecule has 3 heterocycles. The van der Waals surface area contributed by atoms with E-state index in [4.69, 9.17) is 9.47 Å². The molecule has 0 spiro atoms. The Bertz CT molecular complexity index is 446. The highest BCUT2D eigenvalue weighted by Gasteiger charge is 2.39. The monoisotopic (exact) mass is 307 g/mol. The van der Waals surface area contributed by atoms with Gasteiger partial charge in [-0.2, -0.15) is 0 Å². The smallest absolute Gasteiger partial charge is 0.0813 e. The van der Waals surface area contributed by atoms with Crippen LogP contribution in [0, 0.1) is 5.92 Å². The van der Waals surface area contributed by atoms with E-state index in [1.54, 1.807) is 0 Å². The van der Waals surface area contributed by atoms with Gasteiger partial charge in [-0.05, 0) is 49.5 Å². The summed E-state index contributed by atoms with van der Waals surface area (Å²) in [6, 6.07) is 5.03. The third kappa shape index (κ3) is 3.50. The SMILES string of the molecule is c1csc(CN2CC[C@@H]3O[C@@H](COCC4CC4)CC[C@@H]32)c1. The first-order valence-corrected chi connectivity index (χ1v) is 9.26. The second kappa shape index (κ2) is 6.37. The molecule has 2 aliphatic heterocycles. The molecule has 3 atom stereocenters. The van der Waals surface area contributed by atoms with Crippen LogP contribution in [0.1, 0.15) is 37.0 Å². The van der Waals surface area contributed by atoms with Crippen LogP contribution in [0.2, 0.25) is 0 Å². The standard InChI is InChI=1S/C17H25NO2S/c1-2-15(21-9-1)10-18-8-7-17-16(18)6-5-14(20-17)12-19-11-13-3-4-13/h1-2,9,13-14,16-17H,3-8,10-12H2/t14-,16+,17+/m1/s1. The molecular weight excluding hydrogens is 282 g/mol. The Kier molecular flexibility index (Phi) is 4.30. The summed E-state index contributed by atoms with van der Waals surface area (Å²) in [5.74, 6) is 0.856. The minimum absolute atomic E-state index is 0.340. The third-order valence-corrected chi connectivity index (χ3v) is 5.91. The van der Waals surface area contributed by atoms with Crippen molar-refractivity contribution in [3.8, 4) is 0 Å². The van der Waals surface area contributed by atoms with Gasteiger partial charge >= 0.3 is 0 Å². The average Bonchev–Trinajstić information content (AvgIpc) is 3.03. The molecule has 21 heavy (non-hydrogen) atoms. The molecule has 0 unspecified atom stereocenters. The summed E-state index contributed by atoms with van der Waals surface area (Å²) < 4.78 is 12.1. The predicted octanol–water partition coefficient (Wildman–Crippen LogP) is 3.30. The van der Waals surface area contributed by atoms with Crippen LogP contribution in [0.4, 0.5) is 0 Å². The summed E-state index contributed by atoms with van der Waals surface area (Å²) in [5, 5.41) is 2.17. The second-order valence-corrected chi connectivity index (χ2v) is 7.79. The number of hydrogen-bond donors (Lipinski definition) is 0. The summed E-state index contributed by atoms with van der Waals surface area (Å²) in [4.78, 5) is 4.10. The summed E-state index contributed by atoms with van der Waals surface area (Å²) in [5.41, 5.74) is 0. The van der Waals surface area contributed by atoms with E-state index in [0.29, 0.717) is 18.2 Å². The number of rotatable bonds is 6. The first-order valence-electron chi connectivity index (χ1n) is 8.38. The summed E-state index contributed by atoms with van der Waals surface area (Å²) in [7, 11) is 0. The lowest BCUT2D eigenvalue weighted by Gasteiger charge is -2.35. The van der Waals surface area contributed by atoms with Crippen molar-refractivity contribution in [1.29, 1.82) is 0 Å². The number of thiophene rings is 1. The van der Waals surface area contributed by atoms with E-state index in [0.717, 1.165) is 32.1 Å². The van der Waals surface area contributed by atoms with Crippen LogP contribution in [0.25, 0.3) is 0 Å². The highest BCUT2D eigenvalue weighted by molar-refractivity contribution is 7.09. The Balaban J connectivity index is 1.25. The number of fused-ring (bicyclic) bond motifs is 1. The van der Waals surface area contributed by atoms with Crippen molar-refractivity contribution in [3.63, 3.8) is 0 Å².